The van der Waals surface area contributed by atoms with E-state index in [-0.39, 0.29) is 4.83 Å². The quantitative estimate of drug-likeness (QED) is 0.511. The highest BCUT2D eigenvalue weighted by atomic mass is 79.9. The number of hydrogen-bond acceptors (Lipinski definition) is 0. The maximum absolute atomic E-state index is 3.90. The van der Waals surface area contributed by atoms with Crippen LogP contribution in [0.3, 0.4) is 0 Å². The summed E-state index contributed by atoms with van der Waals surface area (Å²) in [5.74, 6) is 0. The fraction of sp³-hybridized carbons (Fsp3) is 0.158. The predicted octanol–water partition coefficient (Wildman–Crippen LogP) is 5.94. The summed E-state index contributed by atoms with van der Waals surface area (Å²) in [4.78, 5) is 0.230. The van der Waals surface area contributed by atoms with Gasteiger partial charge >= 0.3 is 0 Å². The standard InChI is InChI=1S/C19H17Br/c1-13-6-5-8-16(12-13)19(20)18-14(2)10-11-15-7-3-4-9-17(15)18/h3-12,19H,1-2H3. The molecule has 0 aliphatic carbocycles. The van der Waals surface area contributed by atoms with E-state index in [0.717, 1.165) is 0 Å². The molecule has 3 aromatic rings. The zero-order chi connectivity index (χ0) is 14.1. The van der Waals surface area contributed by atoms with Crippen LogP contribution < -0.4 is 0 Å². The molecule has 0 amide bonds. The molecule has 100 valence electrons. The number of fused-ring (bicyclic) bond motifs is 1. The molecular weight excluding hydrogens is 308 g/mol. The van der Waals surface area contributed by atoms with Crippen molar-refractivity contribution in [3.05, 3.63) is 82.9 Å². The van der Waals surface area contributed by atoms with Crippen molar-refractivity contribution in [1.29, 1.82) is 0 Å². The predicted molar refractivity (Wildman–Crippen MR) is 90.6 cm³/mol. The Hall–Kier alpha value is -1.60. The largest absolute Gasteiger partial charge is 0.0786 e. The van der Waals surface area contributed by atoms with E-state index >= 15 is 0 Å². The van der Waals surface area contributed by atoms with E-state index in [9.17, 15) is 0 Å². The zero-order valence-corrected chi connectivity index (χ0v) is 13.3. The average molecular weight is 325 g/mol. The molecule has 0 bridgehead atoms. The summed E-state index contributed by atoms with van der Waals surface area (Å²) in [6.07, 6.45) is 0. The highest BCUT2D eigenvalue weighted by Gasteiger charge is 2.15. The summed E-state index contributed by atoms with van der Waals surface area (Å²) >= 11 is 3.90. The Morgan fingerprint density at radius 3 is 2.45 bits per heavy atom. The van der Waals surface area contributed by atoms with Crippen LogP contribution in [-0.2, 0) is 0 Å². The fourth-order valence-corrected chi connectivity index (χ4v) is 3.63. The minimum Gasteiger partial charge on any atom is -0.0786 e. The van der Waals surface area contributed by atoms with Gasteiger partial charge in [-0.3, -0.25) is 0 Å². The summed E-state index contributed by atoms with van der Waals surface area (Å²) in [7, 11) is 0. The van der Waals surface area contributed by atoms with Gasteiger partial charge in [-0.1, -0.05) is 82.2 Å². The van der Waals surface area contributed by atoms with Gasteiger partial charge in [-0.15, -0.1) is 0 Å². The summed E-state index contributed by atoms with van der Waals surface area (Å²) in [5.41, 5.74) is 5.30. The van der Waals surface area contributed by atoms with Crippen molar-refractivity contribution in [2.45, 2.75) is 18.7 Å². The van der Waals surface area contributed by atoms with Crippen LogP contribution in [0.5, 0.6) is 0 Å². The zero-order valence-electron chi connectivity index (χ0n) is 11.7. The molecule has 1 unspecified atom stereocenters. The van der Waals surface area contributed by atoms with Crippen LogP contribution in [0.2, 0.25) is 0 Å². The number of alkyl halides is 1. The van der Waals surface area contributed by atoms with E-state index in [0.29, 0.717) is 0 Å². The van der Waals surface area contributed by atoms with Crippen LogP contribution in [0.25, 0.3) is 10.8 Å². The Morgan fingerprint density at radius 2 is 1.65 bits per heavy atom. The second-order valence-electron chi connectivity index (χ2n) is 5.29. The Morgan fingerprint density at radius 1 is 0.850 bits per heavy atom. The van der Waals surface area contributed by atoms with E-state index in [2.05, 4.69) is 90.4 Å². The number of aryl methyl sites for hydroxylation is 2. The normalized spacial score (nSPS) is 12.6. The second kappa shape index (κ2) is 5.41. The Bertz CT molecular complexity index is 759. The summed E-state index contributed by atoms with van der Waals surface area (Å²) in [5, 5.41) is 2.63. The molecule has 20 heavy (non-hydrogen) atoms. The van der Waals surface area contributed by atoms with Gasteiger partial charge in [0.2, 0.25) is 0 Å². The third-order valence-corrected chi connectivity index (χ3v) is 4.76. The minimum atomic E-state index is 0.230. The highest BCUT2D eigenvalue weighted by molar-refractivity contribution is 9.09. The van der Waals surface area contributed by atoms with Gasteiger partial charge in [0.25, 0.3) is 0 Å². The fourth-order valence-electron chi connectivity index (χ4n) is 2.74. The molecule has 3 aromatic carbocycles. The van der Waals surface area contributed by atoms with Gasteiger partial charge in [0, 0.05) is 0 Å². The lowest BCUT2D eigenvalue weighted by molar-refractivity contribution is 1.16. The molecule has 0 radical (unpaired) electrons. The monoisotopic (exact) mass is 324 g/mol. The Kier molecular flexibility index (Phi) is 3.62. The molecule has 0 fully saturated rings. The van der Waals surface area contributed by atoms with E-state index in [4.69, 9.17) is 0 Å². The first-order chi connectivity index (χ1) is 9.66. The first kappa shape index (κ1) is 13.4. The lowest BCUT2D eigenvalue weighted by atomic mass is 9.94. The maximum Gasteiger partial charge on any atom is 0.0653 e. The number of rotatable bonds is 2. The van der Waals surface area contributed by atoms with E-state index < -0.39 is 0 Å². The molecule has 1 heteroatoms. The maximum atomic E-state index is 3.90. The molecule has 0 heterocycles. The number of halogens is 1. The molecule has 0 saturated heterocycles. The Balaban J connectivity index is 2.21. The van der Waals surface area contributed by atoms with E-state index in [1.54, 1.807) is 0 Å². The van der Waals surface area contributed by atoms with Gasteiger partial charge in [0.05, 0.1) is 4.83 Å². The Labute approximate surface area is 128 Å². The highest BCUT2D eigenvalue weighted by Crippen LogP contribution is 2.37. The summed E-state index contributed by atoms with van der Waals surface area (Å²) < 4.78 is 0. The van der Waals surface area contributed by atoms with Crippen molar-refractivity contribution in [2.24, 2.45) is 0 Å². The average Bonchev–Trinajstić information content (AvgIpc) is 2.46. The lowest BCUT2D eigenvalue weighted by Gasteiger charge is -2.17. The summed E-state index contributed by atoms with van der Waals surface area (Å²) in [6, 6.07) is 21.7. The first-order valence-corrected chi connectivity index (χ1v) is 7.77. The van der Waals surface area contributed by atoms with Crippen LogP contribution >= 0.6 is 15.9 Å². The van der Waals surface area contributed by atoms with Crippen molar-refractivity contribution in [1.82, 2.24) is 0 Å². The first-order valence-electron chi connectivity index (χ1n) is 6.85. The topological polar surface area (TPSA) is 0 Å². The number of hydrogen-bond donors (Lipinski definition) is 0. The van der Waals surface area contributed by atoms with Crippen molar-refractivity contribution >= 4 is 26.7 Å². The molecular formula is C19H17Br. The van der Waals surface area contributed by atoms with Crippen LogP contribution in [0.4, 0.5) is 0 Å². The molecule has 0 aromatic heterocycles. The van der Waals surface area contributed by atoms with Gasteiger partial charge in [-0.05, 0) is 41.3 Å². The van der Waals surface area contributed by atoms with Crippen LogP contribution in [-0.4, -0.2) is 0 Å². The molecule has 0 spiro atoms. The van der Waals surface area contributed by atoms with Crippen molar-refractivity contribution in [3.63, 3.8) is 0 Å². The van der Waals surface area contributed by atoms with Crippen molar-refractivity contribution in [2.75, 3.05) is 0 Å². The van der Waals surface area contributed by atoms with E-state index in [1.165, 1.54) is 33.0 Å². The molecule has 0 aliphatic rings. The molecule has 3 rings (SSSR count). The van der Waals surface area contributed by atoms with E-state index in [1.807, 2.05) is 0 Å². The van der Waals surface area contributed by atoms with Crippen LogP contribution in [0.15, 0.2) is 60.7 Å². The SMILES string of the molecule is Cc1cccc(C(Br)c2c(C)ccc3ccccc23)c1. The number of benzene rings is 3. The van der Waals surface area contributed by atoms with Gasteiger partial charge in [0.15, 0.2) is 0 Å². The van der Waals surface area contributed by atoms with Gasteiger partial charge in [-0.2, -0.15) is 0 Å². The molecule has 1 atom stereocenters. The van der Waals surface area contributed by atoms with Gasteiger partial charge < -0.3 is 0 Å². The van der Waals surface area contributed by atoms with Crippen LogP contribution in [0.1, 0.15) is 27.1 Å². The van der Waals surface area contributed by atoms with Crippen molar-refractivity contribution in [3.8, 4) is 0 Å². The minimum absolute atomic E-state index is 0.230. The van der Waals surface area contributed by atoms with Crippen LogP contribution in [0, 0.1) is 13.8 Å². The molecule has 0 N–H and O–H groups in total. The smallest absolute Gasteiger partial charge is 0.0653 e. The van der Waals surface area contributed by atoms with Gasteiger partial charge in [0.1, 0.15) is 0 Å². The third kappa shape index (κ3) is 2.38. The van der Waals surface area contributed by atoms with Crippen molar-refractivity contribution < 1.29 is 0 Å². The second-order valence-corrected chi connectivity index (χ2v) is 6.21. The molecule has 0 nitrogen and oxygen atoms in total. The summed E-state index contributed by atoms with van der Waals surface area (Å²) in [6.45, 7) is 4.32. The molecule has 0 saturated carbocycles. The lowest BCUT2D eigenvalue weighted by Crippen LogP contribution is -1.97. The van der Waals surface area contributed by atoms with Gasteiger partial charge in [-0.25, -0.2) is 0 Å². The molecule has 0 aliphatic heterocycles. The third-order valence-electron chi connectivity index (χ3n) is 3.78.